The second-order valence-electron chi connectivity index (χ2n) is 6.41. The summed E-state index contributed by atoms with van der Waals surface area (Å²) in [4.78, 5) is 18.8. The molecule has 0 spiro atoms. The number of rotatable bonds is 3. The molecule has 2 saturated heterocycles. The average Bonchev–Trinajstić information content (AvgIpc) is 2.58. The lowest BCUT2D eigenvalue weighted by Crippen LogP contribution is -2.49. The van der Waals surface area contributed by atoms with Crippen LogP contribution in [-0.2, 0) is 4.74 Å². The number of hydrogen-bond acceptors (Lipinski definition) is 4. The molecule has 23 heavy (non-hydrogen) atoms. The Morgan fingerprint density at radius 2 is 1.87 bits per heavy atom. The molecule has 0 aliphatic carbocycles. The number of likely N-dealkylation sites (tertiary alicyclic amines) is 1. The van der Waals surface area contributed by atoms with Gasteiger partial charge in [-0.2, -0.15) is 0 Å². The fraction of sp³-hybridized carbons (Fsp3) is 0.647. The lowest BCUT2D eigenvalue weighted by atomic mass is 10.0. The van der Waals surface area contributed by atoms with Crippen molar-refractivity contribution in [3.8, 4) is 0 Å². The van der Waals surface area contributed by atoms with Crippen LogP contribution in [0.3, 0.4) is 0 Å². The third-order valence-corrected chi connectivity index (χ3v) is 5.66. The van der Waals surface area contributed by atoms with Crippen molar-refractivity contribution in [3.63, 3.8) is 0 Å². The van der Waals surface area contributed by atoms with E-state index in [1.165, 1.54) is 0 Å². The van der Waals surface area contributed by atoms with Crippen LogP contribution in [0.4, 0.5) is 0 Å². The molecule has 5 nitrogen and oxygen atoms in total. The van der Waals surface area contributed by atoms with Gasteiger partial charge in [-0.15, -0.1) is 0 Å². The number of nitrogens with one attached hydrogen (secondary N) is 1. The zero-order valence-electron chi connectivity index (χ0n) is 13.6. The van der Waals surface area contributed by atoms with Gasteiger partial charge in [0, 0.05) is 55.3 Å². The SMILES string of the molecule is Cc1c(Br)cncc1C(=O)N1CCC(NC2CCOCC2)CC1. The summed E-state index contributed by atoms with van der Waals surface area (Å²) in [5.74, 6) is 0.0980. The number of carbonyl (C=O) groups is 1. The number of hydrogen-bond donors (Lipinski definition) is 1. The topological polar surface area (TPSA) is 54.5 Å². The van der Waals surface area contributed by atoms with E-state index < -0.39 is 0 Å². The average molecular weight is 382 g/mol. The highest BCUT2D eigenvalue weighted by Crippen LogP contribution is 2.21. The molecule has 2 aliphatic rings. The first kappa shape index (κ1) is 16.9. The molecule has 3 rings (SSSR count). The normalized spacial score (nSPS) is 20.7. The molecule has 0 atom stereocenters. The van der Waals surface area contributed by atoms with Gasteiger partial charge in [-0.1, -0.05) is 0 Å². The Hall–Kier alpha value is -0.980. The number of ether oxygens (including phenoxy) is 1. The van der Waals surface area contributed by atoms with Crippen molar-refractivity contribution in [1.82, 2.24) is 15.2 Å². The van der Waals surface area contributed by atoms with Crippen LogP contribution in [0.15, 0.2) is 16.9 Å². The molecule has 1 amide bonds. The van der Waals surface area contributed by atoms with Gasteiger partial charge in [-0.3, -0.25) is 9.78 Å². The molecule has 0 bridgehead atoms. The molecular formula is C17H24BrN3O2. The van der Waals surface area contributed by atoms with Gasteiger partial charge in [0.25, 0.3) is 5.91 Å². The standard InChI is InChI=1S/C17H24BrN3O2/c1-12-15(10-19-11-16(12)18)17(22)21-6-2-13(3-7-21)20-14-4-8-23-9-5-14/h10-11,13-14,20H,2-9H2,1H3. The molecule has 0 saturated carbocycles. The number of carbonyl (C=O) groups excluding carboxylic acids is 1. The van der Waals surface area contributed by atoms with Gasteiger partial charge in [0.05, 0.1) is 5.56 Å². The Balaban J connectivity index is 1.54. The fourth-order valence-corrected chi connectivity index (χ4v) is 3.66. The van der Waals surface area contributed by atoms with E-state index in [-0.39, 0.29) is 5.91 Å². The maximum absolute atomic E-state index is 12.7. The maximum atomic E-state index is 12.7. The van der Waals surface area contributed by atoms with Crippen molar-refractivity contribution in [3.05, 3.63) is 28.0 Å². The van der Waals surface area contributed by atoms with E-state index in [9.17, 15) is 4.79 Å². The molecule has 1 aromatic heterocycles. The lowest BCUT2D eigenvalue weighted by Gasteiger charge is -2.35. The van der Waals surface area contributed by atoms with Crippen molar-refractivity contribution in [2.75, 3.05) is 26.3 Å². The molecule has 0 aromatic carbocycles. The Morgan fingerprint density at radius 3 is 2.57 bits per heavy atom. The molecule has 2 aliphatic heterocycles. The van der Waals surface area contributed by atoms with Crippen LogP contribution in [0, 0.1) is 6.92 Å². The summed E-state index contributed by atoms with van der Waals surface area (Å²) < 4.78 is 6.29. The molecule has 0 radical (unpaired) electrons. The zero-order valence-corrected chi connectivity index (χ0v) is 15.1. The Bertz CT molecular complexity index is 553. The summed E-state index contributed by atoms with van der Waals surface area (Å²) in [6, 6.07) is 1.09. The van der Waals surface area contributed by atoms with E-state index in [4.69, 9.17) is 4.74 Å². The number of halogens is 1. The van der Waals surface area contributed by atoms with E-state index in [1.54, 1.807) is 12.4 Å². The van der Waals surface area contributed by atoms with E-state index in [0.717, 1.165) is 62.0 Å². The van der Waals surface area contributed by atoms with Crippen molar-refractivity contribution < 1.29 is 9.53 Å². The number of nitrogens with zero attached hydrogens (tertiary/aromatic N) is 2. The smallest absolute Gasteiger partial charge is 0.255 e. The molecule has 0 unspecified atom stereocenters. The van der Waals surface area contributed by atoms with Crippen LogP contribution in [-0.4, -0.2) is 54.2 Å². The summed E-state index contributed by atoms with van der Waals surface area (Å²) in [6.07, 6.45) is 7.64. The quantitative estimate of drug-likeness (QED) is 0.873. The summed E-state index contributed by atoms with van der Waals surface area (Å²) in [5.41, 5.74) is 1.67. The minimum atomic E-state index is 0.0980. The Morgan fingerprint density at radius 1 is 1.22 bits per heavy atom. The van der Waals surface area contributed by atoms with Crippen LogP contribution in [0.1, 0.15) is 41.6 Å². The summed E-state index contributed by atoms with van der Waals surface area (Å²) in [5, 5.41) is 3.74. The maximum Gasteiger partial charge on any atom is 0.255 e. The predicted octanol–water partition coefficient (Wildman–Crippen LogP) is 2.53. The summed E-state index contributed by atoms with van der Waals surface area (Å²) in [6.45, 7) is 5.31. The number of pyridine rings is 1. The van der Waals surface area contributed by atoms with Crippen LogP contribution < -0.4 is 5.32 Å². The third kappa shape index (κ3) is 4.11. The number of amides is 1. The Kier molecular flexibility index (Phi) is 5.67. The molecule has 1 N–H and O–H groups in total. The van der Waals surface area contributed by atoms with Crippen molar-refractivity contribution >= 4 is 21.8 Å². The van der Waals surface area contributed by atoms with Crippen molar-refractivity contribution in [2.45, 2.75) is 44.7 Å². The van der Waals surface area contributed by atoms with Crippen molar-refractivity contribution in [1.29, 1.82) is 0 Å². The lowest BCUT2D eigenvalue weighted by molar-refractivity contribution is 0.0631. The van der Waals surface area contributed by atoms with E-state index in [1.807, 2.05) is 11.8 Å². The highest BCUT2D eigenvalue weighted by Gasteiger charge is 2.26. The third-order valence-electron chi connectivity index (χ3n) is 4.86. The molecule has 126 valence electrons. The number of aromatic nitrogens is 1. The minimum absolute atomic E-state index is 0.0980. The summed E-state index contributed by atoms with van der Waals surface area (Å²) >= 11 is 3.45. The van der Waals surface area contributed by atoms with Crippen LogP contribution in [0.5, 0.6) is 0 Å². The van der Waals surface area contributed by atoms with Gasteiger partial charge >= 0.3 is 0 Å². The number of piperidine rings is 1. The highest BCUT2D eigenvalue weighted by molar-refractivity contribution is 9.10. The minimum Gasteiger partial charge on any atom is -0.381 e. The fourth-order valence-electron chi connectivity index (χ4n) is 3.33. The largest absolute Gasteiger partial charge is 0.381 e. The molecule has 2 fully saturated rings. The monoisotopic (exact) mass is 381 g/mol. The predicted molar refractivity (Wildman–Crippen MR) is 92.6 cm³/mol. The first-order valence-corrected chi connectivity index (χ1v) is 9.17. The van der Waals surface area contributed by atoms with Crippen molar-refractivity contribution in [2.24, 2.45) is 0 Å². The zero-order chi connectivity index (χ0) is 16.2. The molecular weight excluding hydrogens is 358 g/mol. The van der Waals surface area contributed by atoms with Crippen LogP contribution >= 0.6 is 15.9 Å². The van der Waals surface area contributed by atoms with Gasteiger partial charge in [-0.25, -0.2) is 0 Å². The van der Waals surface area contributed by atoms with E-state index in [2.05, 4.69) is 26.2 Å². The Labute approximate surface area is 145 Å². The van der Waals surface area contributed by atoms with E-state index in [0.29, 0.717) is 17.6 Å². The second-order valence-corrected chi connectivity index (χ2v) is 7.27. The van der Waals surface area contributed by atoms with Gasteiger partial charge in [-0.05, 0) is 54.1 Å². The first-order valence-electron chi connectivity index (χ1n) is 8.38. The molecule has 1 aromatic rings. The van der Waals surface area contributed by atoms with Gasteiger partial charge in [0.1, 0.15) is 0 Å². The van der Waals surface area contributed by atoms with Gasteiger partial charge < -0.3 is 15.0 Å². The summed E-state index contributed by atoms with van der Waals surface area (Å²) in [7, 11) is 0. The van der Waals surface area contributed by atoms with Gasteiger partial charge in [0.2, 0.25) is 0 Å². The first-order chi connectivity index (χ1) is 11.1. The van der Waals surface area contributed by atoms with Crippen LogP contribution in [0.25, 0.3) is 0 Å². The van der Waals surface area contributed by atoms with E-state index >= 15 is 0 Å². The highest BCUT2D eigenvalue weighted by atomic mass is 79.9. The second kappa shape index (κ2) is 7.73. The van der Waals surface area contributed by atoms with Crippen LogP contribution in [0.2, 0.25) is 0 Å². The van der Waals surface area contributed by atoms with Gasteiger partial charge in [0.15, 0.2) is 0 Å². The molecule has 3 heterocycles. The molecule has 6 heteroatoms.